The van der Waals surface area contributed by atoms with E-state index in [0.717, 1.165) is 4.31 Å². The summed E-state index contributed by atoms with van der Waals surface area (Å²) >= 11 is 0. The summed E-state index contributed by atoms with van der Waals surface area (Å²) in [4.78, 5) is 24.1. The van der Waals surface area contributed by atoms with Crippen LogP contribution in [0.2, 0.25) is 0 Å². The Labute approximate surface area is 138 Å². The number of anilines is 1. The van der Waals surface area contributed by atoms with Crippen LogP contribution >= 0.6 is 0 Å². The zero-order valence-corrected chi connectivity index (χ0v) is 13.6. The summed E-state index contributed by atoms with van der Waals surface area (Å²) in [5.41, 5.74) is 1.59. The molecule has 0 unspecified atom stereocenters. The molecule has 1 aromatic carbocycles. The summed E-state index contributed by atoms with van der Waals surface area (Å²) < 4.78 is 23.9. The molecule has 2 aromatic rings. The minimum Gasteiger partial charge on any atom is -0.307 e. The number of H-pyrrole nitrogens is 1. The highest BCUT2D eigenvalue weighted by Crippen LogP contribution is 2.28. The molecule has 3 rings (SSSR count). The number of benzene rings is 1. The number of aromatic amines is 1. The van der Waals surface area contributed by atoms with Gasteiger partial charge in [-0.05, 0) is 13.0 Å². The van der Waals surface area contributed by atoms with Gasteiger partial charge in [0.1, 0.15) is 5.82 Å². The minimum absolute atomic E-state index is 0.0225. The quantitative estimate of drug-likeness (QED) is 0.685. The average Bonchev–Trinajstić information content (AvgIpc) is 3.09. The molecule has 0 bridgehead atoms. The summed E-state index contributed by atoms with van der Waals surface area (Å²) in [5, 5.41) is 14.4. The second kappa shape index (κ2) is 5.82. The Bertz CT molecular complexity index is 934. The highest BCUT2D eigenvalue weighted by atomic mass is 32.2. The molecule has 24 heavy (non-hydrogen) atoms. The van der Waals surface area contributed by atoms with Crippen LogP contribution < -0.4 is 10.5 Å². The highest BCUT2D eigenvalue weighted by Gasteiger charge is 2.31. The number of nitrogens with two attached hydrogens (primary N) is 1. The molecule has 0 aliphatic carbocycles. The Morgan fingerprint density at radius 2 is 1.92 bits per heavy atom. The van der Waals surface area contributed by atoms with Gasteiger partial charge in [-0.3, -0.25) is 14.7 Å². The van der Waals surface area contributed by atoms with E-state index in [1.807, 2.05) is 0 Å². The summed E-state index contributed by atoms with van der Waals surface area (Å²) in [6.45, 7) is 1.45. The number of nitrogens with one attached hydrogen (secondary N) is 2. The molecule has 1 amide bonds. The van der Waals surface area contributed by atoms with Gasteiger partial charge in [-0.2, -0.15) is 17.8 Å². The second-order valence-corrected chi connectivity index (χ2v) is 6.94. The predicted octanol–water partition coefficient (Wildman–Crippen LogP) is 0.384. The monoisotopic (exact) mass is 349 g/mol. The molecule has 4 N–H and O–H groups in total. The van der Waals surface area contributed by atoms with E-state index in [9.17, 15) is 18.0 Å². The average molecular weight is 349 g/mol. The number of fused-ring (bicyclic) bond motifs is 1. The third-order valence-corrected chi connectivity index (χ3v) is 4.74. The lowest BCUT2D eigenvalue weighted by Crippen LogP contribution is -2.32. The minimum atomic E-state index is -3.83. The number of Topliss-reactive ketones (excluding diaryl/α,β-unsaturated/α-hetero) is 1. The fourth-order valence-electron chi connectivity index (χ4n) is 2.56. The molecule has 2 heterocycles. The van der Waals surface area contributed by atoms with Crippen molar-refractivity contribution in [2.75, 3.05) is 5.32 Å². The van der Waals surface area contributed by atoms with Crippen molar-refractivity contribution in [1.29, 1.82) is 0 Å². The van der Waals surface area contributed by atoms with Crippen LogP contribution in [0.4, 0.5) is 5.82 Å². The molecule has 126 valence electrons. The molecule has 1 aliphatic heterocycles. The lowest BCUT2D eigenvalue weighted by molar-refractivity contribution is 0.0985. The topological polar surface area (TPSA) is 138 Å². The van der Waals surface area contributed by atoms with Crippen LogP contribution in [0, 0.1) is 0 Å². The van der Waals surface area contributed by atoms with Crippen molar-refractivity contribution in [2.24, 2.45) is 5.14 Å². The summed E-state index contributed by atoms with van der Waals surface area (Å²) in [5.74, 6) is -0.420. The number of nitrogens with zero attached hydrogens (tertiary/aromatic N) is 2. The molecular formula is C14H15N5O4S. The van der Waals surface area contributed by atoms with Gasteiger partial charge in [-0.15, -0.1) is 0 Å². The first-order valence-electron chi connectivity index (χ1n) is 7.02. The van der Waals surface area contributed by atoms with Gasteiger partial charge in [0.25, 0.3) is 16.1 Å². The molecular weight excluding hydrogens is 334 g/mol. The first-order valence-corrected chi connectivity index (χ1v) is 8.53. The number of hydrogen-bond acceptors (Lipinski definition) is 5. The number of aromatic nitrogens is 2. The maximum atomic E-state index is 12.4. The van der Waals surface area contributed by atoms with Gasteiger partial charge in [0.05, 0.1) is 17.8 Å². The van der Waals surface area contributed by atoms with E-state index in [4.69, 9.17) is 5.14 Å². The van der Waals surface area contributed by atoms with Crippen molar-refractivity contribution in [3.63, 3.8) is 0 Å². The zero-order chi connectivity index (χ0) is 17.5. The van der Waals surface area contributed by atoms with E-state index < -0.39 is 16.1 Å². The molecule has 0 spiro atoms. The largest absolute Gasteiger partial charge is 0.307 e. The van der Waals surface area contributed by atoms with Crippen molar-refractivity contribution >= 4 is 27.7 Å². The van der Waals surface area contributed by atoms with E-state index in [-0.39, 0.29) is 24.4 Å². The van der Waals surface area contributed by atoms with Crippen molar-refractivity contribution in [3.05, 3.63) is 46.6 Å². The second-order valence-electron chi connectivity index (χ2n) is 5.39. The Morgan fingerprint density at radius 3 is 2.54 bits per heavy atom. The number of rotatable bonds is 4. The smallest absolute Gasteiger partial charge is 0.277 e. The molecule has 0 saturated heterocycles. The Kier molecular flexibility index (Phi) is 3.95. The molecule has 1 aliphatic rings. The van der Waals surface area contributed by atoms with Crippen LogP contribution in [0.1, 0.15) is 38.9 Å². The number of carbonyl (C=O) groups is 2. The first kappa shape index (κ1) is 16.3. The zero-order valence-electron chi connectivity index (χ0n) is 12.7. The van der Waals surface area contributed by atoms with Crippen LogP contribution in [0.5, 0.6) is 0 Å². The van der Waals surface area contributed by atoms with Crippen molar-refractivity contribution in [2.45, 2.75) is 20.0 Å². The number of amides is 1. The van der Waals surface area contributed by atoms with Gasteiger partial charge < -0.3 is 5.32 Å². The van der Waals surface area contributed by atoms with Crippen LogP contribution in [0.25, 0.3) is 0 Å². The van der Waals surface area contributed by atoms with Crippen molar-refractivity contribution in [1.82, 2.24) is 14.5 Å². The summed E-state index contributed by atoms with van der Waals surface area (Å²) in [6, 6.07) is 6.43. The van der Waals surface area contributed by atoms with E-state index in [1.54, 1.807) is 24.3 Å². The summed E-state index contributed by atoms with van der Waals surface area (Å²) in [7, 11) is -3.83. The lowest BCUT2D eigenvalue weighted by Gasteiger charge is -2.11. The third kappa shape index (κ3) is 2.94. The molecule has 0 fully saturated rings. The van der Waals surface area contributed by atoms with Gasteiger partial charge in [-0.25, -0.2) is 5.14 Å². The Balaban J connectivity index is 1.85. The third-order valence-electron chi connectivity index (χ3n) is 3.76. The fourth-order valence-corrected chi connectivity index (χ4v) is 3.17. The van der Waals surface area contributed by atoms with Crippen LogP contribution in [0.15, 0.2) is 24.3 Å². The fraction of sp³-hybridized carbons (Fsp3) is 0.214. The number of hydrogen-bond donors (Lipinski definition) is 3. The molecule has 1 aromatic heterocycles. The Morgan fingerprint density at radius 1 is 1.25 bits per heavy atom. The maximum Gasteiger partial charge on any atom is 0.277 e. The molecule has 9 nitrogen and oxygen atoms in total. The van der Waals surface area contributed by atoms with Crippen LogP contribution in [0.3, 0.4) is 0 Å². The van der Waals surface area contributed by atoms with E-state index in [1.165, 1.54) is 6.92 Å². The normalized spacial score (nSPS) is 14.4. The van der Waals surface area contributed by atoms with E-state index in [2.05, 4.69) is 15.5 Å². The SMILES string of the molecule is CC(=O)c1ccccc1C(=O)Nc1[nH]nc2c1CN(S(N)(=O)=O)C2. The van der Waals surface area contributed by atoms with Crippen molar-refractivity contribution in [3.8, 4) is 0 Å². The van der Waals surface area contributed by atoms with Gasteiger partial charge in [0.2, 0.25) is 0 Å². The maximum absolute atomic E-state index is 12.4. The van der Waals surface area contributed by atoms with Gasteiger partial charge in [-0.1, -0.05) is 18.2 Å². The van der Waals surface area contributed by atoms with Gasteiger partial charge in [0, 0.05) is 17.7 Å². The van der Waals surface area contributed by atoms with Crippen molar-refractivity contribution < 1.29 is 18.0 Å². The predicted molar refractivity (Wildman–Crippen MR) is 85.3 cm³/mol. The van der Waals surface area contributed by atoms with E-state index in [0.29, 0.717) is 22.6 Å². The van der Waals surface area contributed by atoms with Crippen LogP contribution in [-0.4, -0.2) is 34.6 Å². The number of carbonyl (C=O) groups excluding carboxylic acids is 2. The van der Waals surface area contributed by atoms with E-state index >= 15 is 0 Å². The highest BCUT2D eigenvalue weighted by molar-refractivity contribution is 7.86. The molecule has 0 radical (unpaired) electrons. The molecule has 10 heteroatoms. The van der Waals surface area contributed by atoms with Gasteiger partial charge >= 0.3 is 0 Å². The first-order chi connectivity index (χ1) is 11.3. The standard InChI is InChI=1S/C14H15N5O4S/c1-8(20)9-4-2-3-5-10(9)14(21)16-13-11-6-19(24(15,22)23)7-12(11)17-18-13/h2-5H,6-7H2,1H3,(H2,15,22,23)(H2,16,17,18,21). The summed E-state index contributed by atoms with van der Waals surface area (Å²) in [6.07, 6.45) is 0. The van der Waals surface area contributed by atoms with Crippen LogP contribution in [-0.2, 0) is 23.3 Å². The molecule has 0 saturated carbocycles. The van der Waals surface area contributed by atoms with Gasteiger partial charge in [0.15, 0.2) is 5.78 Å². The molecule has 0 atom stereocenters. The Hall–Kier alpha value is -2.56. The lowest BCUT2D eigenvalue weighted by atomic mass is 10.0. The number of ketones is 1.